The van der Waals surface area contributed by atoms with Crippen LogP contribution in [0.15, 0.2) is 24.3 Å². The molecule has 3 unspecified atom stereocenters. The Morgan fingerprint density at radius 3 is 2.89 bits per heavy atom. The summed E-state index contributed by atoms with van der Waals surface area (Å²) < 4.78 is 0. The van der Waals surface area contributed by atoms with Crippen molar-refractivity contribution < 1.29 is 0 Å². The zero-order chi connectivity index (χ0) is 12.5. The van der Waals surface area contributed by atoms with E-state index in [0.29, 0.717) is 6.04 Å². The third-order valence-electron chi connectivity index (χ3n) is 4.64. The zero-order valence-corrected chi connectivity index (χ0v) is 11.5. The van der Waals surface area contributed by atoms with Crippen LogP contribution in [0.1, 0.15) is 32.3 Å². The smallest absolute Gasteiger partial charge is 0.0373 e. The van der Waals surface area contributed by atoms with Gasteiger partial charge >= 0.3 is 0 Å². The monoisotopic (exact) mass is 244 g/mol. The van der Waals surface area contributed by atoms with E-state index in [9.17, 15) is 0 Å². The Hall–Kier alpha value is -1.02. The van der Waals surface area contributed by atoms with Gasteiger partial charge < -0.3 is 5.32 Å². The van der Waals surface area contributed by atoms with Crippen molar-refractivity contribution in [1.82, 2.24) is 4.90 Å². The van der Waals surface area contributed by atoms with E-state index < -0.39 is 0 Å². The minimum Gasteiger partial charge on any atom is -0.383 e. The molecule has 0 amide bonds. The number of para-hydroxylation sites is 1. The molecule has 0 aromatic heterocycles. The van der Waals surface area contributed by atoms with Crippen LogP contribution in [-0.4, -0.2) is 30.1 Å². The molecule has 3 atom stereocenters. The van der Waals surface area contributed by atoms with Crippen molar-refractivity contribution in [2.75, 3.05) is 18.4 Å². The molecular formula is C16H24N2. The second-order valence-corrected chi connectivity index (χ2v) is 6.12. The fraction of sp³-hybridized carbons (Fsp3) is 0.625. The summed E-state index contributed by atoms with van der Waals surface area (Å²) in [5.74, 6) is 0.860. The summed E-state index contributed by atoms with van der Waals surface area (Å²) in [5, 5.41) is 3.60. The number of hydrogen-bond acceptors (Lipinski definition) is 2. The first-order chi connectivity index (χ1) is 8.74. The quantitative estimate of drug-likeness (QED) is 0.816. The van der Waals surface area contributed by atoms with E-state index in [0.717, 1.165) is 18.5 Å². The molecule has 18 heavy (non-hydrogen) atoms. The molecule has 1 fully saturated rings. The van der Waals surface area contributed by atoms with Crippen LogP contribution < -0.4 is 5.32 Å². The summed E-state index contributed by atoms with van der Waals surface area (Å²) >= 11 is 0. The van der Waals surface area contributed by atoms with Crippen molar-refractivity contribution in [1.29, 1.82) is 0 Å². The summed E-state index contributed by atoms with van der Waals surface area (Å²) in [4.78, 5) is 2.73. The Balaban J connectivity index is 1.75. The number of benzene rings is 1. The van der Waals surface area contributed by atoms with Gasteiger partial charge in [-0.1, -0.05) is 25.1 Å². The number of piperidine rings is 1. The molecule has 1 N–H and O–H groups in total. The number of rotatable bonds is 1. The molecule has 1 aromatic rings. The molecule has 2 aliphatic rings. The Labute approximate surface area is 110 Å². The van der Waals surface area contributed by atoms with Crippen molar-refractivity contribution in [3.05, 3.63) is 29.8 Å². The van der Waals surface area contributed by atoms with Gasteiger partial charge in [0.15, 0.2) is 0 Å². The first-order valence-electron chi connectivity index (χ1n) is 7.31. The maximum absolute atomic E-state index is 3.60. The van der Waals surface area contributed by atoms with E-state index in [-0.39, 0.29) is 0 Å². The normalized spacial score (nSPS) is 32.7. The first kappa shape index (κ1) is 12.0. The van der Waals surface area contributed by atoms with E-state index in [2.05, 4.69) is 48.3 Å². The van der Waals surface area contributed by atoms with Crippen LogP contribution in [0.3, 0.4) is 0 Å². The summed E-state index contributed by atoms with van der Waals surface area (Å²) in [6, 6.07) is 10.2. The zero-order valence-electron chi connectivity index (χ0n) is 11.5. The highest BCUT2D eigenvalue weighted by Gasteiger charge is 2.31. The minimum atomic E-state index is 0.678. The molecule has 1 aromatic carbocycles. The van der Waals surface area contributed by atoms with Crippen molar-refractivity contribution in [2.24, 2.45) is 5.92 Å². The van der Waals surface area contributed by atoms with Crippen molar-refractivity contribution in [3.63, 3.8) is 0 Å². The van der Waals surface area contributed by atoms with Gasteiger partial charge in [-0.15, -0.1) is 0 Å². The molecule has 2 aliphatic heterocycles. The lowest BCUT2D eigenvalue weighted by Crippen LogP contribution is -2.52. The molecule has 2 nitrogen and oxygen atoms in total. The Morgan fingerprint density at radius 2 is 2.00 bits per heavy atom. The van der Waals surface area contributed by atoms with Crippen LogP contribution in [0.2, 0.25) is 0 Å². The van der Waals surface area contributed by atoms with Crippen molar-refractivity contribution >= 4 is 5.69 Å². The van der Waals surface area contributed by atoms with Crippen LogP contribution in [0, 0.1) is 5.92 Å². The molecule has 2 heteroatoms. The van der Waals surface area contributed by atoms with Gasteiger partial charge in [-0.05, 0) is 43.7 Å². The molecule has 0 bridgehead atoms. The molecule has 0 radical (unpaired) electrons. The second kappa shape index (κ2) is 4.93. The molecule has 0 spiro atoms. The van der Waals surface area contributed by atoms with E-state index in [1.807, 2.05) is 0 Å². The third kappa shape index (κ3) is 2.26. The predicted molar refractivity (Wildman–Crippen MR) is 77.0 cm³/mol. The highest BCUT2D eigenvalue weighted by molar-refractivity contribution is 5.53. The maximum Gasteiger partial charge on any atom is 0.0373 e. The molecule has 1 saturated heterocycles. The SMILES string of the molecule is CC1CCC(C)N(C2CNc3ccccc3C2)C1. The fourth-order valence-electron chi connectivity index (χ4n) is 3.49. The van der Waals surface area contributed by atoms with E-state index >= 15 is 0 Å². The van der Waals surface area contributed by atoms with Gasteiger partial charge in [0, 0.05) is 30.9 Å². The largest absolute Gasteiger partial charge is 0.383 e. The first-order valence-corrected chi connectivity index (χ1v) is 7.31. The van der Waals surface area contributed by atoms with Crippen LogP contribution in [-0.2, 0) is 6.42 Å². The Bertz CT molecular complexity index is 415. The summed E-state index contributed by atoms with van der Waals surface area (Å²) in [7, 11) is 0. The lowest BCUT2D eigenvalue weighted by atomic mass is 9.90. The Kier molecular flexibility index (Phi) is 3.29. The number of fused-ring (bicyclic) bond motifs is 1. The Morgan fingerprint density at radius 1 is 1.17 bits per heavy atom. The molecule has 2 heterocycles. The van der Waals surface area contributed by atoms with Crippen molar-refractivity contribution in [2.45, 2.75) is 45.2 Å². The number of nitrogens with one attached hydrogen (secondary N) is 1. The number of anilines is 1. The van der Waals surface area contributed by atoms with Gasteiger partial charge in [0.25, 0.3) is 0 Å². The second-order valence-electron chi connectivity index (χ2n) is 6.12. The van der Waals surface area contributed by atoms with E-state index in [1.165, 1.54) is 37.1 Å². The van der Waals surface area contributed by atoms with E-state index in [1.54, 1.807) is 0 Å². The summed E-state index contributed by atoms with van der Waals surface area (Å²) in [5.41, 5.74) is 2.82. The average Bonchev–Trinajstić information content (AvgIpc) is 2.41. The average molecular weight is 244 g/mol. The number of nitrogens with zero attached hydrogens (tertiary/aromatic N) is 1. The minimum absolute atomic E-state index is 0.678. The predicted octanol–water partition coefficient (Wildman–Crippen LogP) is 3.14. The van der Waals surface area contributed by atoms with E-state index in [4.69, 9.17) is 0 Å². The van der Waals surface area contributed by atoms with Gasteiger partial charge in [-0.25, -0.2) is 0 Å². The summed E-state index contributed by atoms with van der Waals surface area (Å²) in [6.45, 7) is 7.17. The molecule has 98 valence electrons. The lowest BCUT2D eigenvalue weighted by Gasteiger charge is -2.44. The molecular weight excluding hydrogens is 220 g/mol. The third-order valence-corrected chi connectivity index (χ3v) is 4.64. The van der Waals surface area contributed by atoms with Gasteiger partial charge in [0.1, 0.15) is 0 Å². The van der Waals surface area contributed by atoms with Gasteiger partial charge in [-0.3, -0.25) is 4.90 Å². The summed E-state index contributed by atoms with van der Waals surface area (Å²) in [6.07, 6.45) is 3.97. The van der Waals surface area contributed by atoms with Crippen LogP contribution in [0.5, 0.6) is 0 Å². The molecule has 0 aliphatic carbocycles. The van der Waals surface area contributed by atoms with Crippen LogP contribution in [0.25, 0.3) is 0 Å². The van der Waals surface area contributed by atoms with Crippen molar-refractivity contribution in [3.8, 4) is 0 Å². The standard InChI is InChI=1S/C16H24N2/c1-12-7-8-13(2)18(11-12)15-9-14-5-3-4-6-16(14)17-10-15/h3-6,12-13,15,17H,7-11H2,1-2H3. The molecule has 3 rings (SSSR count). The highest BCUT2D eigenvalue weighted by atomic mass is 15.2. The van der Waals surface area contributed by atoms with Gasteiger partial charge in [0.05, 0.1) is 0 Å². The van der Waals surface area contributed by atoms with Crippen LogP contribution >= 0.6 is 0 Å². The van der Waals surface area contributed by atoms with Gasteiger partial charge in [-0.2, -0.15) is 0 Å². The number of hydrogen-bond donors (Lipinski definition) is 1. The van der Waals surface area contributed by atoms with Gasteiger partial charge in [0.2, 0.25) is 0 Å². The van der Waals surface area contributed by atoms with Crippen LogP contribution in [0.4, 0.5) is 5.69 Å². The molecule has 0 saturated carbocycles. The lowest BCUT2D eigenvalue weighted by molar-refractivity contribution is 0.0806. The number of likely N-dealkylation sites (tertiary alicyclic amines) is 1. The fourth-order valence-corrected chi connectivity index (χ4v) is 3.49. The maximum atomic E-state index is 3.60. The topological polar surface area (TPSA) is 15.3 Å². The highest BCUT2D eigenvalue weighted by Crippen LogP contribution is 2.29.